The molecule has 1 heterocycles. The Hall–Kier alpha value is -3.72. The van der Waals surface area contributed by atoms with Gasteiger partial charge in [0.05, 0.1) is 4.90 Å². The molecule has 0 unspecified atom stereocenters. The molecule has 0 aliphatic carbocycles. The van der Waals surface area contributed by atoms with Crippen molar-refractivity contribution in [1.29, 1.82) is 0 Å². The van der Waals surface area contributed by atoms with E-state index in [0.29, 0.717) is 16.8 Å². The second kappa shape index (κ2) is 9.64. The van der Waals surface area contributed by atoms with E-state index in [2.05, 4.69) is 10.0 Å². The molecule has 0 atom stereocenters. The van der Waals surface area contributed by atoms with E-state index in [1.54, 1.807) is 42.2 Å². The third-order valence-corrected chi connectivity index (χ3v) is 7.00. The summed E-state index contributed by atoms with van der Waals surface area (Å²) in [6.45, 7) is 3.15. The van der Waals surface area contributed by atoms with E-state index in [-0.39, 0.29) is 22.1 Å². The molecule has 1 saturated heterocycles. The molecule has 2 N–H and O–H groups in total. The van der Waals surface area contributed by atoms with Crippen LogP contribution in [0.4, 0.5) is 15.8 Å². The predicted octanol–water partition coefficient (Wildman–Crippen LogP) is 4.42. The first-order valence-corrected chi connectivity index (χ1v) is 12.3. The van der Waals surface area contributed by atoms with Crippen molar-refractivity contribution in [2.45, 2.75) is 24.7 Å². The molecule has 0 aromatic heterocycles. The van der Waals surface area contributed by atoms with Crippen molar-refractivity contribution in [1.82, 2.24) is 4.90 Å². The minimum Gasteiger partial charge on any atom is -0.339 e. The number of nitrogens with zero attached hydrogens (tertiary/aromatic N) is 1. The molecule has 3 aromatic carbocycles. The number of aryl methyl sites for hydroxylation is 1. The number of amides is 2. The van der Waals surface area contributed by atoms with E-state index in [1.165, 1.54) is 24.3 Å². The van der Waals surface area contributed by atoms with Crippen LogP contribution in [-0.4, -0.2) is 38.2 Å². The molecule has 0 saturated carbocycles. The average molecular weight is 482 g/mol. The molecule has 7 nitrogen and oxygen atoms in total. The fourth-order valence-corrected chi connectivity index (χ4v) is 4.86. The number of nitrogens with one attached hydrogen (secondary N) is 2. The van der Waals surface area contributed by atoms with Crippen LogP contribution >= 0.6 is 0 Å². The Morgan fingerprint density at radius 2 is 1.62 bits per heavy atom. The lowest BCUT2D eigenvalue weighted by molar-refractivity contribution is 0.0792. The molecule has 0 spiro atoms. The smallest absolute Gasteiger partial charge is 0.261 e. The van der Waals surface area contributed by atoms with Gasteiger partial charge in [0.25, 0.3) is 21.8 Å². The molecule has 0 bridgehead atoms. The molecule has 176 valence electrons. The molecular formula is C25H24FN3O4S. The number of carbonyl (C=O) groups excluding carboxylic acids is 2. The van der Waals surface area contributed by atoms with Gasteiger partial charge in [0.2, 0.25) is 0 Å². The summed E-state index contributed by atoms with van der Waals surface area (Å²) < 4.78 is 41.1. The quantitative estimate of drug-likeness (QED) is 0.545. The topological polar surface area (TPSA) is 95.6 Å². The Bertz CT molecular complexity index is 1330. The number of anilines is 2. The minimum atomic E-state index is -4.00. The highest BCUT2D eigenvalue weighted by atomic mass is 32.2. The number of carbonyl (C=O) groups is 2. The second-order valence-electron chi connectivity index (χ2n) is 8.12. The Labute approximate surface area is 197 Å². The Kier molecular flexibility index (Phi) is 6.65. The fourth-order valence-electron chi connectivity index (χ4n) is 3.78. The first-order valence-electron chi connectivity index (χ1n) is 10.8. The highest BCUT2D eigenvalue weighted by molar-refractivity contribution is 7.92. The first-order chi connectivity index (χ1) is 16.2. The monoisotopic (exact) mass is 481 g/mol. The average Bonchev–Trinajstić information content (AvgIpc) is 3.35. The van der Waals surface area contributed by atoms with Gasteiger partial charge in [-0.25, -0.2) is 12.8 Å². The maximum absolute atomic E-state index is 13.1. The molecule has 0 radical (unpaired) electrons. The lowest BCUT2D eigenvalue weighted by Crippen LogP contribution is -2.27. The predicted molar refractivity (Wildman–Crippen MR) is 128 cm³/mol. The van der Waals surface area contributed by atoms with Crippen LogP contribution in [-0.2, 0) is 10.0 Å². The molecule has 34 heavy (non-hydrogen) atoms. The number of hydrogen-bond donors (Lipinski definition) is 2. The largest absolute Gasteiger partial charge is 0.339 e. The van der Waals surface area contributed by atoms with Crippen molar-refractivity contribution in [3.05, 3.63) is 89.2 Å². The van der Waals surface area contributed by atoms with Crippen LogP contribution in [0.2, 0.25) is 0 Å². The Balaban J connectivity index is 1.54. The highest BCUT2D eigenvalue weighted by Gasteiger charge is 2.21. The van der Waals surface area contributed by atoms with Crippen LogP contribution < -0.4 is 10.0 Å². The van der Waals surface area contributed by atoms with Crippen molar-refractivity contribution in [2.24, 2.45) is 0 Å². The van der Waals surface area contributed by atoms with Gasteiger partial charge in [0, 0.05) is 35.6 Å². The number of likely N-dealkylation sites (tertiary alicyclic amines) is 1. The van der Waals surface area contributed by atoms with Crippen LogP contribution in [0, 0.1) is 12.7 Å². The lowest BCUT2D eigenvalue weighted by Gasteiger charge is -2.16. The molecule has 3 aromatic rings. The van der Waals surface area contributed by atoms with Crippen LogP contribution in [0.25, 0.3) is 0 Å². The van der Waals surface area contributed by atoms with Gasteiger partial charge in [-0.2, -0.15) is 0 Å². The zero-order valence-electron chi connectivity index (χ0n) is 18.5. The maximum Gasteiger partial charge on any atom is 0.261 e. The SMILES string of the molecule is Cc1ccc(S(=O)(=O)Nc2ccc(F)cc2)cc1C(=O)Nc1cccc(C(=O)N2CCCC2)c1. The summed E-state index contributed by atoms with van der Waals surface area (Å²) in [6.07, 6.45) is 1.97. The van der Waals surface area contributed by atoms with Crippen molar-refractivity contribution in [2.75, 3.05) is 23.1 Å². The third-order valence-electron chi connectivity index (χ3n) is 5.62. The first kappa shape index (κ1) is 23.4. The molecule has 9 heteroatoms. The molecule has 1 fully saturated rings. The van der Waals surface area contributed by atoms with Crippen LogP contribution in [0.1, 0.15) is 39.1 Å². The number of hydrogen-bond acceptors (Lipinski definition) is 4. The number of sulfonamides is 1. The minimum absolute atomic E-state index is 0.0789. The van der Waals surface area contributed by atoms with Gasteiger partial charge in [0.1, 0.15) is 5.82 Å². The van der Waals surface area contributed by atoms with E-state index >= 15 is 0 Å². The fraction of sp³-hybridized carbons (Fsp3) is 0.200. The summed E-state index contributed by atoms with van der Waals surface area (Å²) in [6, 6.07) is 15.8. The van der Waals surface area contributed by atoms with Crippen molar-refractivity contribution >= 4 is 33.2 Å². The summed E-state index contributed by atoms with van der Waals surface area (Å²) in [5.74, 6) is -1.06. The zero-order valence-corrected chi connectivity index (χ0v) is 19.4. The van der Waals surface area contributed by atoms with E-state index in [4.69, 9.17) is 0 Å². The molecule has 2 amide bonds. The zero-order chi connectivity index (χ0) is 24.3. The number of benzene rings is 3. The highest BCUT2D eigenvalue weighted by Crippen LogP contribution is 2.22. The van der Waals surface area contributed by atoms with E-state index < -0.39 is 21.7 Å². The van der Waals surface area contributed by atoms with Crippen molar-refractivity contribution < 1.29 is 22.4 Å². The standard InChI is InChI=1S/C25H24FN3O4S/c1-17-7-12-22(34(32,33)28-20-10-8-19(26)9-11-20)16-23(17)24(30)27-21-6-4-5-18(15-21)25(31)29-13-2-3-14-29/h4-12,15-16,28H,2-3,13-14H2,1H3,(H,27,30). The van der Waals surface area contributed by atoms with Gasteiger partial charge < -0.3 is 10.2 Å². The van der Waals surface area contributed by atoms with Gasteiger partial charge in [0.15, 0.2) is 0 Å². The second-order valence-corrected chi connectivity index (χ2v) is 9.81. The molecule has 1 aliphatic rings. The summed E-state index contributed by atoms with van der Waals surface area (Å²) in [4.78, 5) is 27.3. The van der Waals surface area contributed by atoms with E-state index in [1.807, 2.05) is 0 Å². The van der Waals surface area contributed by atoms with E-state index in [0.717, 1.165) is 38.1 Å². The van der Waals surface area contributed by atoms with Gasteiger partial charge >= 0.3 is 0 Å². The van der Waals surface area contributed by atoms with Crippen molar-refractivity contribution in [3.8, 4) is 0 Å². The maximum atomic E-state index is 13.1. The van der Waals surface area contributed by atoms with Crippen LogP contribution in [0.3, 0.4) is 0 Å². The molecule has 1 aliphatic heterocycles. The van der Waals surface area contributed by atoms with Crippen LogP contribution in [0.5, 0.6) is 0 Å². The molecule has 4 rings (SSSR count). The Morgan fingerprint density at radius 3 is 2.32 bits per heavy atom. The number of halogens is 1. The van der Waals surface area contributed by atoms with Gasteiger partial charge in [-0.05, 0) is 79.9 Å². The van der Waals surface area contributed by atoms with E-state index in [9.17, 15) is 22.4 Å². The molecular weight excluding hydrogens is 457 g/mol. The summed E-state index contributed by atoms with van der Waals surface area (Å²) in [5, 5.41) is 2.75. The number of rotatable bonds is 6. The van der Waals surface area contributed by atoms with Gasteiger partial charge in [-0.1, -0.05) is 12.1 Å². The van der Waals surface area contributed by atoms with Crippen molar-refractivity contribution in [3.63, 3.8) is 0 Å². The van der Waals surface area contributed by atoms with Gasteiger partial charge in [-0.15, -0.1) is 0 Å². The third kappa shape index (κ3) is 5.26. The summed E-state index contributed by atoms with van der Waals surface area (Å²) in [7, 11) is -4.00. The Morgan fingerprint density at radius 1 is 0.912 bits per heavy atom. The van der Waals surface area contributed by atoms with Gasteiger partial charge in [-0.3, -0.25) is 14.3 Å². The summed E-state index contributed by atoms with van der Waals surface area (Å²) in [5.41, 5.74) is 1.89. The summed E-state index contributed by atoms with van der Waals surface area (Å²) >= 11 is 0. The lowest BCUT2D eigenvalue weighted by atomic mass is 10.1. The normalized spacial score (nSPS) is 13.5. The van der Waals surface area contributed by atoms with Crippen LogP contribution in [0.15, 0.2) is 71.6 Å².